The molecule has 1 unspecified atom stereocenters. The molecule has 0 aliphatic rings. The number of rotatable bonds is 8. The molecule has 1 rings (SSSR count). The summed E-state index contributed by atoms with van der Waals surface area (Å²) in [6.45, 7) is 7.63. The Bertz CT molecular complexity index is 569. The van der Waals surface area contributed by atoms with Gasteiger partial charge in [0.2, 0.25) is 5.91 Å². The zero-order chi connectivity index (χ0) is 17.6. The molecule has 0 bridgehead atoms. The maximum absolute atomic E-state index is 12.1. The van der Waals surface area contributed by atoms with Gasteiger partial charge in [0, 0.05) is 11.8 Å². The average Bonchev–Trinajstić information content (AvgIpc) is 2.84. The first kappa shape index (κ1) is 19.1. The van der Waals surface area contributed by atoms with Gasteiger partial charge in [-0.3, -0.25) is 9.59 Å². The van der Waals surface area contributed by atoms with Crippen LogP contribution in [0, 0.1) is 11.8 Å². The van der Waals surface area contributed by atoms with Crippen molar-refractivity contribution in [1.82, 2.24) is 10.3 Å². The average molecular weight is 341 g/mol. The van der Waals surface area contributed by atoms with Gasteiger partial charge in [-0.15, -0.1) is 11.3 Å². The quantitative estimate of drug-likeness (QED) is 0.672. The van der Waals surface area contributed by atoms with Gasteiger partial charge in [-0.1, -0.05) is 27.7 Å². The second-order valence-corrected chi connectivity index (χ2v) is 7.04. The smallest absolute Gasteiger partial charge is 0.326 e. The van der Waals surface area contributed by atoms with Gasteiger partial charge >= 0.3 is 5.97 Å². The van der Waals surface area contributed by atoms with Gasteiger partial charge in [0.15, 0.2) is 5.13 Å². The van der Waals surface area contributed by atoms with Gasteiger partial charge in [0.25, 0.3) is 5.91 Å². The van der Waals surface area contributed by atoms with E-state index in [0.29, 0.717) is 18.0 Å². The Morgan fingerprint density at radius 3 is 2.39 bits per heavy atom. The van der Waals surface area contributed by atoms with Crippen molar-refractivity contribution in [3.8, 4) is 0 Å². The number of aliphatic carboxylic acids is 1. The first-order valence-electron chi connectivity index (χ1n) is 7.48. The van der Waals surface area contributed by atoms with Crippen LogP contribution in [0.25, 0.3) is 0 Å². The number of carboxylic acids is 1. The Labute approximate surface area is 139 Å². The third-order valence-corrected chi connectivity index (χ3v) is 3.65. The number of amides is 2. The van der Waals surface area contributed by atoms with Crippen LogP contribution in [0.4, 0.5) is 5.13 Å². The molecule has 1 atom stereocenters. The Morgan fingerprint density at radius 1 is 1.22 bits per heavy atom. The lowest BCUT2D eigenvalue weighted by Gasteiger charge is -2.15. The van der Waals surface area contributed by atoms with Crippen LogP contribution in [0.5, 0.6) is 0 Å². The summed E-state index contributed by atoms with van der Waals surface area (Å²) < 4.78 is 0. The van der Waals surface area contributed by atoms with E-state index < -0.39 is 17.9 Å². The van der Waals surface area contributed by atoms with Crippen LogP contribution in [0.15, 0.2) is 5.38 Å². The van der Waals surface area contributed by atoms with Gasteiger partial charge in [-0.2, -0.15) is 0 Å². The maximum Gasteiger partial charge on any atom is 0.326 e. The van der Waals surface area contributed by atoms with Gasteiger partial charge in [-0.05, 0) is 18.3 Å². The van der Waals surface area contributed by atoms with Crippen LogP contribution in [0.2, 0.25) is 0 Å². The van der Waals surface area contributed by atoms with Crippen molar-refractivity contribution in [2.24, 2.45) is 11.8 Å². The number of nitrogens with zero attached hydrogens (tertiary/aromatic N) is 1. The standard InChI is InChI=1S/C15H23N3O4S/c1-8(2)5-10(14(21)22)16-13(20)11-7-23-15(17-11)18-12(19)6-9(3)4/h7-10H,5-6H2,1-4H3,(H,16,20)(H,21,22)(H,17,18,19). The van der Waals surface area contributed by atoms with Crippen LogP contribution in [0.1, 0.15) is 51.0 Å². The highest BCUT2D eigenvalue weighted by Crippen LogP contribution is 2.17. The number of carboxylic acid groups (broad SMARTS) is 1. The van der Waals surface area contributed by atoms with Crippen molar-refractivity contribution in [1.29, 1.82) is 0 Å². The van der Waals surface area contributed by atoms with Crippen molar-refractivity contribution < 1.29 is 19.5 Å². The summed E-state index contributed by atoms with van der Waals surface area (Å²) in [6.07, 6.45) is 0.708. The highest BCUT2D eigenvalue weighted by atomic mass is 32.1. The monoisotopic (exact) mass is 341 g/mol. The molecule has 0 aliphatic heterocycles. The molecule has 3 N–H and O–H groups in total. The number of aromatic nitrogens is 1. The number of anilines is 1. The number of carbonyl (C=O) groups is 3. The molecule has 128 valence electrons. The van der Waals surface area contributed by atoms with E-state index in [4.69, 9.17) is 5.11 Å². The summed E-state index contributed by atoms with van der Waals surface area (Å²) in [5.41, 5.74) is 0.102. The molecule has 0 radical (unpaired) electrons. The summed E-state index contributed by atoms with van der Waals surface area (Å²) in [5, 5.41) is 16.0. The fourth-order valence-corrected chi connectivity index (χ4v) is 2.61. The molecule has 0 aromatic carbocycles. The minimum Gasteiger partial charge on any atom is -0.480 e. The molecule has 23 heavy (non-hydrogen) atoms. The van der Waals surface area contributed by atoms with Gasteiger partial charge in [0.05, 0.1) is 0 Å². The predicted octanol–water partition coefficient (Wildman–Crippen LogP) is 2.36. The lowest BCUT2D eigenvalue weighted by Crippen LogP contribution is -2.41. The summed E-state index contributed by atoms with van der Waals surface area (Å²) in [7, 11) is 0. The van der Waals surface area contributed by atoms with E-state index in [2.05, 4.69) is 15.6 Å². The molecule has 8 heteroatoms. The maximum atomic E-state index is 12.1. The number of thiazole rings is 1. The molecule has 0 aliphatic carbocycles. The zero-order valence-electron chi connectivity index (χ0n) is 13.8. The molecule has 0 fully saturated rings. The molecular weight excluding hydrogens is 318 g/mol. The third kappa shape index (κ3) is 6.77. The Balaban J connectivity index is 2.67. The molecule has 1 aromatic rings. The fraction of sp³-hybridized carbons (Fsp3) is 0.600. The lowest BCUT2D eigenvalue weighted by molar-refractivity contribution is -0.139. The number of carbonyl (C=O) groups excluding carboxylic acids is 2. The van der Waals surface area contributed by atoms with Gasteiger partial charge < -0.3 is 15.7 Å². The van der Waals surface area contributed by atoms with Crippen LogP contribution >= 0.6 is 11.3 Å². The van der Waals surface area contributed by atoms with Crippen molar-refractivity contribution in [3.63, 3.8) is 0 Å². The third-order valence-electron chi connectivity index (χ3n) is 2.89. The van der Waals surface area contributed by atoms with Crippen molar-refractivity contribution in [2.45, 2.75) is 46.6 Å². The molecule has 1 heterocycles. The first-order chi connectivity index (χ1) is 10.7. The van der Waals surface area contributed by atoms with Crippen molar-refractivity contribution >= 4 is 34.3 Å². The van der Waals surface area contributed by atoms with E-state index in [1.165, 1.54) is 5.38 Å². The van der Waals surface area contributed by atoms with E-state index >= 15 is 0 Å². The Kier molecular flexibility index (Phi) is 7.15. The minimum absolute atomic E-state index is 0.102. The normalized spacial score (nSPS) is 12.3. The van der Waals surface area contributed by atoms with Crippen LogP contribution in [-0.4, -0.2) is 33.9 Å². The first-order valence-corrected chi connectivity index (χ1v) is 8.36. The molecule has 0 saturated carbocycles. The number of nitrogens with one attached hydrogen (secondary N) is 2. The van der Waals surface area contributed by atoms with E-state index in [-0.39, 0.29) is 23.4 Å². The topological polar surface area (TPSA) is 108 Å². The fourth-order valence-electron chi connectivity index (χ4n) is 1.90. The van der Waals surface area contributed by atoms with Crippen LogP contribution in [0.3, 0.4) is 0 Å². The summed E-state index contributed by atoms with van der Waals surface area (Å²) in [6, 6.07) is -0.955. The van der Waals surface area contributed by atoms with Crippen molar-refractivity contribution in [2.75, 3.05) is 5.32 Å². The molecule has 0 spiro atoms. The van der Waals surface area contributed by atoms with E-state index in [9.17, 15) is 14.4 Å². The Hall–Kier alpha value is -1.96. The highest BCUT2D eigenvalue weighted by Gasteiger charge is 2.23. The highest BCUT2D eigenvalue weighted by molar-refractivity contribution is 7.14. The minimum atomic E-state index is -1.08. The Morgan fingerprint density at radius 2 is 1.87 bits per heavy atom. The molecule has 7 nitrogen and oxygen atoms in total. The van der Waals surface area contributed by atoms with E-state index in [1.807, 2.05) is 27.7 Å². The SMILES string of the molecule is CC(C)CC(=O)Nc1nc(C(=O)NC(CC(C)C)C(=O)O)cs1. The summed E-state index contributed by atoms with van der Waals surface area (Å²) in [5.74, 6) is -1.43. The van der Waals surface area contributed by atoms with Crippen molar-refractivity contribution in [3.05, 3.63) is 11.1 Å². The zero-order valence-corrected chi connectivity index (χ0v) is 14.6. The molecule has 2 amide bonds. The van der Waals surface area contributed by atoms with Crippen LogP contribution < -0.4 is 10.6 Å². The number of hydrogen-bond acceptors (Lipinski definition) is 5. The van der Waals surface area contributed by atoms with Crippen LogP contribution in [-0.2, 0) is 9.59 Å². The van der Waals surface area contributed by atoms with E-state index in [1.54, 1.807) is 0 Å². The summed E-state index contributed by atoms with van der Waals surface area (Å²) >= 11 is 1.13. The van der Waals surface area contributed by atoms with Gasteiger partial charge in [-0.25, -0.2) is 9.78 Å². The second kappa shape index (κ2) is 8.61. The summed E-state index contributed by atoms with van der Waals surface area (Å²) in [4.78, 5) is 38.9. The molecular formula is C15H23N3O4S. The second-order valence-electron chi connectivity index (χ2n) is 6.18. The largest absolute Gasteiger partial charge is 0.480 e. The van der Waals surface area contributed by atoms with E-state index in [0.717, 1.165) is 11.3 Å². The molecule has 0 saturated heterocycles. The molecule has 1 aromatic heterocycles. The predicted molar refractivity (Wildman–Crippen MR) is 88.5 cm³/mol. The van der Waals surface area contributed by atoms with Gasteiger partial charge in [0.1, 0.15) is 11.7 Å². The number of hydrogen-bond donors (Lipinski definition) is 3. The lowest BCUT2D eigenvalue weighted by atomic mass is 10.0.